The van der Waals surface area contributed by atoms with Crippen LogP contribution in [-0.4, -0.2) is 34.1 Å². The molecule has 0 bridgehead atoms. The maximum Gasteiger partial charge on any atom is 0.257 e. The largest absolute Gasteiger partial charge is 0.431 e. The molecule has 0 radical (unpaired) electrons. The first-order valence-electron chi connectivity index (χ1n) is 10.3. The molecule has 0 N–H and O–H groups in total. The second kappa shape index (κ2) is 9.31. The van der Waals surface area contributed by atoms with Crippen molar-refractivity contribution in [1.82, 2.24) is 9.88 Å². The second-order valence-electron chi connectivity index (χ2n) is 7.32. The van der Waals surface area contributed by atoms with Crippen molar-refractivity contribution in [1.29, 1.82) is 0 Å². The summed E-state index contributed by atoms with van der Waals surface area (Å²) in [5, 5.41) is 0.543. The van der Waals surface area contributed by atoms with E-state index in [-0.39, 0.29) is 5.91 Å². The van der Waals surface area contributed by atoms with Crippen LogP contribution in [0.1, 0.15) is 32.6 Å². The molecule has 1 aliphatic heterocycles. The minimum Gasteiger partial charge on any atom is -0.431 e. The fourth-order valence-corrected chi connectivity index (χ4v) is 4.61. The Bertz CT molecular complexity index is 883. The molecular weight excluding hydrogens is 380 g/mol. The quantitative estimate of drug-likeness (QED) is 0.479. The third-order valence-corrected chi connectivity index (χ3v) is 6.24. The zero-order valence-electron chi connectivity index (χ0n) is 16.7. The Labute approximate surface area is 176 Å². The molecule has 29 heavy (non-hydrogen) atoms. The van der Waals surface area contributed by atoms with E-state index in [0.717, 1.165) is 48.4 Å². The van der Waals surface area contributed by atoms with E-state index in [1.54, 1.807) is 0 Å². The smallest absolute Gasteiger partial charge is 0.257 e. The van der Waals surface area contributed by atoms with Crippen LogP contribution in [0, 0.1) is 0 Å². The number of rotatable bonds is 6. The van der Waals surface area contributed by atoms with Crippen LogP contribution in [0.3, 0.4) is 0 Å². The van der Waals surface area contributed by atoms with Crippen molar-refractivity contribution in [3.8, 4) is 22.6 Å². The van der Waals surface area contributed by atoms with Gasteiger partial charge in [-0.2, -0.15) is 0 Å². The number of piperidine rings is 1. The number of hydrogen-bond donors (Lipinski definition) is 0. The molecule has 1 saturated heterocycles. The van der Waals surface area contributed by atoms with Crippen molar-refractivity contribution in [2.24, 2.45) is 0 Å². The third-order valence-electron chi connectivity index (χ3n) is 5.43. The zero-order valence-corrected chi connectivity index (χ0v) is 17.5. The summed E-state index contributed by atoms with van der Waals surface area (Å²) in [6, 6.07) is 20.4. The van der Waals surface area contributed by atoms with Crippen molar-refractivity contribution < 1.29 is 9.21 Å². The molecule has 2 aromatic carbocycles. The van der Waals surface area contributed by atoms with Gasteiger partial charge in [0, 0.05) is 23.7 Å². The fraction of sp³-hybridized carbons (Fsp3) is 0.333. The number of benzene rings is 2. The Hall–Kier alpha value is -2.53. The van der Waals surface area contributed by atoms with Crippen LogP contribution in [-0.2, 0) is 4.79 Å². The zero-order chi connectivity index (χ0) is 20.1. The molecule has 1 aliphatic rings. The van der Waals surface area contributed by atoms with Gasteiger partial charge in [-0.05, 0) is 25.7 Å². The lowest BCUT2D eigenvalue weighted by molar-refractivity contribution is -0.132. The number of thioether (sulfide) groups is 1. The Morgan fingerprint density at radius 3 is 2.45 bits per heavy atom. The maximum absolute atomic E-state index is 12.8. The second-order valence-corrected chi connectivity index (χ2v) is 8.25. The standard InChI is InChI=1S/C24H26N2O2S/c1-2-20-15-9-10-16-26(20)21(27)17-29-24-25-22(18-11-5-3-6-12-18)23(28-24)19-13-7-4-8-14-19/h3-8,11-14,20H,2,9-10,15-17H2,1H3/t20-/m1/s1. The van der Waals surface area contributed by atoms with Crippen LogP contribution in [0.15, 0.2) is 70.3 Å². The summed E-state index contributed by atoms with van der Waals surface area (Å²) in [4.78, 5) is 19.6. The first-order valence-corrected chi connectivity index (χ1v) is 11.3. The molecule has 1 aromatic heterocycles. The van der Waals surface area contributed by atoms with Crippen LogP contribution < -0.4 is 0 Å². The number of nitrogens with zero attached hydrogens (tertiary/aromatic N) is 2. The van der Waals surface area contributed by atoms with E-state index in [1.165, 1.54) is 18.2 Å². The van der Waals surface area contributed by atoms with Crippen molar-refractivity contribution in [3.05, 3.63) is 60.7 Å². The van der Waals surface area contributed by atoms with Gasteiger partial charge >= 0.3 is 0 Å². The van der Waals surface area contributed by atoms with Crippen LogP contribution in [0.4, 0.5) is 0 Å². The van der Waals surface area contributed by atoms with Gasteiger partial charge in [0.25, 0.3) is 5.22 Å². The van der Waals surface area contributed by atoms with Gasteiger partial charge in [-0.1, -0.05) is 79.3 Å². The van der Waals surface area contributed by atoms with E-state index < -0.39 is 0 Å². The molecule has 0 spiro atoms. The predicted octanol–water partition coefficient (Wildman–Crippen LogP) is 5.89. The lowest BCUT2D eigenvalue weighted by Crippen LogP contribution is -2.44. The van der Waals surface area contributed by atoms with E-state index in [1.807, 2.05) is 60.7 Å². The van der Waals surface area contributed by atoms with Crippen LogP contribution in [0.5, 0.6) is 0 Å². The maximum atomic E-state index is 12.8. The molecule has 1 amide bonds. The highest BCUT2D eigenvalue weighted by Gasteiger charge is 2.26. The molecule has 0 saturated carbocycles. The van der Waals surface area contributed by atoms with Gasteiger partial charge in [0.1, 0.15) is 5.69 Å². The average Bonchev–Trinajstić information content (AvgIpc) is 3.23. The van der Waals surface area contributed by atoms with Gasteiger partial charge in [0.15, 0.2) is 5.76 Å². The van der Waals surface area contributed by atoms with E-state index >= 15 is 0 Å². The monoisotopic (exact) mass is 406 g/mol. The van der Waals surface area contributed by atoms with Gasteiger partial charge in [-0.3, -0.25) is 4.79 Å². The van der Waals surface area contributed by atoms with Gasteiger partial charge in [-0.15, -0.1) is 0 Å². The Kier molecular flexibility index (Phi) is 6.35. The van der Waals surface area contributed by atoms with Crippen LogP contribution >= 0.6 is 11.8 Å². The molecule has 150 valence electrons. The SMILES string of the molecule is CC[C@@H]1CCCCN1C(=O)CSc1nc(-c2ccccc2)c(-c2ccccc2)o1. The number of carbonyl (C=O) groups is 1. The molecule has 2 heterocycles. The van der Waals surface area contributed by atoms with E-state index in [0.29, 0.717) is 17.0 Å². The number of amides is 1. The normalized spacial score (nSPS) is 16.7. The van der Waals surface area contributed by atoms with E-state index in [4.69, 9.17) is 9.40 Å². The Morgan fingerprint density at radius 1 is 1.07 bits per heavy atom. The lowest BCUT2D eigenvalue weighted by Gasteiger charge is -2.35. The summed E-state index contributed by atoms with van der Waals surface area (Å²) >= 11 is 1.39. The molecule has 4 nitrogen and oxygen atoms in total. The number of aromatic nitrogens is 1. The molecule has 1 atom stereocenters. The number of carbonyl (C=O) groups excluding carboxylic acids is 1. The summed E-state index contributed by atoms with van der Waals surface area (Å²) in [5.41, 5.74) is 2.81. The van der Waals surface area contributed by atoms with Gasteiger partial charge in [-0.25, -0.2) is 4.98 Å². The molecular formula is C24H26N2O2S. The summed E-state index contributed by atoms with van der Waals surface area (Å²) in [6.45, 7) is 3.03. The molecule has 4 rings (SSSR count). The van der Waals surface area contributed by atoms with Crippen LogP contribution in [0.25, 0.3) is 22.6 Å². The van der Waals surface area contributed by atoms with Crippen LogP contribution in [0.2, 0.25) is 0 Å². The minimum absolute atomic E-state index is 0.183. The van der Waals surface area contributed by atoms with Gasteiger partial charge in [0.2, 0.25) is 5.91 Å². The molecule has 0 unspecified atom stereocenters. The first-order chi connectivity index (χ1) is 14.3. The van der Waals surface area contributed by atoms with E-state index in [2.05, 4.69) is 11.8 Å². The molecule has 0 aliphatic carbocycles. The highest BCUT2D eigenvalue weighted by molar-refractivity contribution is 7.99. The lowest BCUT2D eigenvalue weighted by atomic mass is 10.0. The average molecular weight is 407 g/mol. The molecule has 1 fully saturated rings. The van der Waals surface area contributed by atoms with Crippen molar-refractivity contribution >= 4 is 17.7 Å². The number of oxazole rings is 1. The third kappa shape index (κ3) is 4.56. The number of likely N-dealkylation sites (tertiary alicyclic amines) is 1. The highest BCUT2D eigenvalue weighted by atomic mass is 32.2. The Balaban J connectivity index is 1.55. The molecule has 5 heteroatoms. The first kappa shape index (κ1) is 19.8. The number of hydrogen-bond acceptors (Lipinski definition) is 4. The van der Waals surface area contributed by atoms with Crippen molar-refractivity contribution in [2.45, 2.75) is 43.9 Å². The summed E-state index contributed by atoms with van der Waals surface area (Å²) in [7, 11) is 0. The summed E-state index contributed by atoms with van der Waals surface area (Å²) in [6.07, 6.45) is 4.45. The topological polar surface area (TPSA) is 46.3 Å². The molecule has 3 aromatic rings. The van der Waals surface area contributed by atoms with Crippen molar-refractivity contribution in [2.75, 3.05) is 12.3 Å². The van der Waals surface area contributed by atoms with E-state index in [9.17, 15) is 4.79 Å². The van der Waals surface area contributed by atoms with Crippen molar-refractivity contribution in [3.63, 3.8) is 0 Å². The highest BCUT2D eigenvalue weighted by Crippen LogP contribution is 2.35. The fourth-order valence-electron chi connectivity index (χ4n) is 3.90. The summed E-state index contributed by atoms with van der Waals surface area (Å²) < 4.78 is 6.13. The van der Waals surface area contributed by atoms with Gasteiger partial charge in [0.05, 0.1) is 5.75 Å². The predicted molar refractivity (Wildman–Crippen MR) is 118 cm³/mol. The Morgan fingerprint density at radius 2 is 1.76 bits per heavy atom. The van der Waals surface area contributed by atoms with Gasteiger partial charge < -0.3 is 9.32 Å². The minimum atomic E-state index is 0.183. The summed E-state index contributed by atoms with van der Waals surface area (Å²) in [5.74, 6) is 1.29.